The second-order valence-electron chi connectivity index (χ2n) is 10.5. The number of nitrogens with zero attached hydrogens (tertiary/aromatic N) is 1. The van der Waals surface area contributed by atoms with Gasteiger partial charge in [0, 0.05) is 18.1 Å². The molecule has 2 saturated heterocycles. The lowest BCUT2D eigenvalue weighted by Gasteiger charge is -2.30. The van der Waals surface area contributed by atoms with E-state index in [-0.39, 0.29) is 25.4 Å². The van der Waals surface area contributed by atoms with E-state index in [1.54, 1.807) is 20.8 Å². The summed E-state index contributed by atoms with van der Waals surface area (Å²) >= 11 is 0. The van der Waals surface area contributed by atoms with Gasteiger partial charge in [0.15, 0.2) is 17.9 Å². The van der Waals surface area contributed by atoms with Gasteiger partial charge in [-0.3, -0.25) is 9.69 Å². The van der Waals surface area contributed by atoms with Gasteiger partial charge in [0.05, 0.1) is 12.3 Å². The number of carbonyl (C=O) groups excluding carboxylic acids is 2. The van der Waals surface area contributed by atoms with Crippen molar-refractivity contribution in [3.63, 3.8) is 0 Å². The van der Waals surface area contributed by atoms with E-state index in [0.717, 1.165) is 37.5 Å². The first kappa shape index (κ1) is 26.5. The molecule has 1 N–H and O–H groups in total. The Morgan fingerprint density at radius 3 is 2.58 bits per heavy atom. The van der Waals surface area contributed by atoms with Crippen LogP contribution in [0.25, 0.3) is 0 Å². The van der Waals surface area contributed by atoms with E-state index >= 15 is 0 Å². The molecule has 0 spiro atoms. The summed E-state index contributed by atoms with van der Waals surface area (Å²) < 4.78 is 73.1. The first-order chi connectivity index (χ1) is 16.8. The molecule has 2 amide bonds. The number of alkyl halides is 3. The Hall–Kier alpha value is -2.60. The van der Waals surface area contributed by atoms with Gasteiger partial charge in [-0.25, -0.2) is 9.18 Å². The Morgan fingerprint density at radius 2 is 1.94 bits per heavy atom. The topological polar surface area (TPSA) is 86.3 Å². The van der Waals surface area contributed by atoms with Crippen molar-refractivity contribution < 1.29 is 46.1 Å². The lowest BCUT2D eigenvalue weighted by Crippen LogP contribution is -2.47. The molecule has 12 heteroatoms. The zero-order valence-corrected chi connectivity index (χ0v) is 20.3. The van der Waals surface area contributed by atoms with Crippen molar-refractivity contribution in [1.29, 1.82) is 0 Å². The van der Waals surface area contributed by atoms with E-state index in [4.69, 9.17) is 14.2 Å². The zero-order chi connectivity index (χ0) is 26.3. The van der Waals surface area contributed by atoms with Crippen molar-refractivity contribution in [3.8, 4) is 5.75 Å². The van der Waals surface area contributed by atoms with Gasteiger partial charge in [-0.2, -0.15) is 0 Å². The number of benzene rings is 1. The number of halogens is 4. The molecular formula is C24H30F4N2O6. The third-order valence-electron chi connectivity index (χ3n) is 6.47. The molecule has 1 aliphatic carbocycles. The van der Waals surface area contributed by atoms with Crippen LogP contribution in [-0.2, 0) is 19.0 Å². The van der Waals surface area contributed by atoms with Crippen LogP contribution in [0.15, 0.2) is 18.2 Å². The van der Waals surface area contributed by atoms with Crippen LogP contribution < -0.4 is 10.1 Å². The highest BCUT2D eigenvalue weighted by atomic mass is 19.4. The molecule has 0 radical (unpaired) electrons. The van der Waals surface area contributed by atoms with Gasteiger partial charge in [-0.05, 0) is 65.0 Å². The minimum absolute atomic E-state index is 0.232. The van der Waals surface area contributed by atoms with Crippen LogP contribution in [0.2, 0.25) is 0 Å². The molecule has 2 aliphatic heterocycles. The lowest BCUT2D eigenvalue weighted by molar-refractivity contribution is -0.275. The first-order valence-corrected chi connectivity index (χ1v) is 11.9. The quantitative estimate of drug-likeness (QED) is 0.535. The van der Waals surface area contributed by atoms with Crippen molar-refractivity contribution in [1.82, 2.24) is 4.90 Å². The number of amides is 2. The highest BCUT2D eigenvalue weighted by Gasteiger charge is 2.68. The highest BCUT2D eigenvalue weighted by molar-refractivity contribution is 5.97. The fourth-order valence-corrected chi connectivity index (χ4v) is 4.77. The number of carbonyl (C=O) groups is 2. The molecule has 4 rings (SSSR count). The summed E-state index contributed by atoms with van der Waals surface area (Å²) in [6.07, 6.45) is -2.60. The minimum Gasteiger partial charge on any atom is -0.444 e. The van der Waals surface area contributed by atoms with Crippen LogP contribution in [0.3, 0.4) is 0 Å². The maximum atomic E-state index is 14.6. The average Bonchev–Trinajstić information content (AvgIpc) is 3.37. The molecule has 36 heavy (non-hydrogen) atoms. The van der Waals surface area contributed by atoms with Gasteiger partial charge in [-0.15, -0.1) is 13.2 Å². The summed E-state index contributed by atoms with van der Waals surface area (Å²) in [6.45, 7) is 5.97. The molecule has 4 atom stereocenters. The number of fused-ring (bicyclic) bond motifs is 1. The number of hydrogen-bond donors (Lipinski definition) is 1. The Kier molecular flexibility index (Phi) is 7.13. The number of ether oxygens (including phenoxy) is 4. The zero-order valence-electron chi connectivity index (χ0n) is 20.3. The normalized spacial score (nSPS) is 27.9. The summed E-state index contributed by atoms with van der Waals surface area (Å²) in [7, 11) is 0. The van der Waals surface area contributed by atoms with Crippen molar-refractivity contribution in [3.05, 3.63) is 24.0 Å². The molecule has 1 saturated carbocycles. The fourth-order valence-electron chi connectivity index (χ4n) is 4.77. The van der Waals surface area contributed by atoms with Gasteiger partial charge in [-0.1, -0.05) is 6.07 Å². The van der Waals surface area contributed by atoms with E-state index in [1.165, 1.54) is 4.90 Å². The molecule has 1 aromatic carbocycles. The SMILES string of the molecule is CC(C)(C)OC(=O)N1[C@H](C(=O)Nc2cccc(OC(F)(F)F)c2F)C[C@@]2(COC3CCCCO3)C[C@@H]12. The van der Waals surface area contributed by atoms with Crippen LogP contribution >= 0.6 is 0 Å². The fraction of sp³-hybridized carbons (Fsp3) is 0.667. The molecule has 0 aromatic heterocycles. The molecule has 0 bridgehead atoms. The molecule has 2 heterocycles. The van der Waals surface area contributed by atoms with Gasteiger partial charge < -0.3 is 24.3 Å². The molecule has 1 unspecified atom stereocenters. The number of nitrogens with one attached hydrogen (secondary N) is 1. The average molecular weight is 519 g/mol. The summed E-state index contributed by atoms with van der Waals surface area (Å²) in [5.41, 5.74) is -1.80. The van der Waals surface area contributed by atoms with Crippen LogP contribution in [0, 0.1) is 11.2 Å². The number of likely N-dealkylation sites (tertiary alicyclic amines) is 1. The first-order valence-electron chi connectivity index (χ1n) is 11.9. The van der Waals surface area contributed by atoms with Crippen LogP contribution in [0.1, 0.15) is 52.9 Å². The van der Waals surface area contributed by atoms with Crippen LogP contribution in [0.5, 0.6) is 5.75 Å². The molecule has 3 fully saturated rings. The predicted octanol–water partition coefficient (Wildman–Crippen LogP) is 4.97. The van der Waals surface area contributed by atoms with E-state index in [0.29, 0.717) is 13.0 Å². The summed E-state index contributed by atoms with van der Waals surface area (Å²) in [5.74, 6) is -3.19. The monoisotopic (exact) mass is 518 g/mol. The standard InChI is InChI=1S/C24H30F4N2O6/c1-22(2,3)36-21(32)30-15(11-23(12-17(23)30)13-34-18-9-4-5-10-33-18)20(31)29-14-7-6-8-16(19(14)25)35-24(26,27)28/h6-8,15,17-18H,4-5,9-13H2,1-3H3,(H,29,31)/t15-,17+,18?,23-/m0/s1. The van der Waals surface area contributed by atoms with Crippen LogP contribution in [-0.4, -0.2) is 60.5 Å². The summed E-state index contributed by atoms with van der Waals surface area (Å²) in [5, 5.41) is 2.31. The summed E-state index contributed by atoms with van der Waals surface area (Å²) in [4.78, 5) is 27.6. The van der Waals surface area contributed by atoms with Gasteiger partial charge in [0.2, 0.25) is 5.91 Å². The van der Waals surface area contributed by atoms with Crippen molar-refractivity contribution in [2.24, 2.45) is 5.41 Å². The Balaban J connectivity index is 1.50. The van der Waals surface area contributed by atoms with Crippen molar-refractivity contribution in [2.45, 2.75) is 83.2 Å². The second-order valence-corrected chi connectivity index (χ2v) is 10.5. The molecule has 200 valence electrons. The molecule has 8 nitrogen and oxygen atoms in total. The second kappa shape index (κ2) is 9.70. The lowest BCUT2D eigenvalue weighted by atomic mass is 10.00. The molecule has 3 aliphatic rings. The minimum atomic E-state index is -5.10. The van der Waals surface area contributed by atoms with Gasteiger partial charge in [0.25, 0.3) is 0 Å². The van der Waals surface area contributed by atoms with E-state index in [1.807, 2.05) is 0 Å². The molecule has 1 aromatic rings. The smallest absolute Gasteiger partial charge is 0.444 e. The van der Waals surface area contributed by atoms with Gasteiger partial charge in [0.1, 0.15) is 11.6 Å². The Morgan fingerprint density at radius 1 is 1.19 bits per heavy atom. The van der Waals surface area contributed by atoms with E-state index < -0.39 is 52.7 Å². The molecular weight excluding hydrogens is 488 g/mol. The number of anilines is 1. The maximum absolute atomic E-state index is 14.6. The Bertz CT molecular complexity index is 992. The third kappa shape index (κ3) is 6.03. The summed E-state index contributed by atoms with van der Waals surface area (Å²) in [6, 6.07) is 1.69. The maximum Gasteiger partial charge on any atom is 0.573 e. The Labute approximate surface area is 206 Å². The number of rotatable bonds is 6. The number of piperidine rings is 1. The predicted molar refractivity (Wildman–Crippen MR) is 119 cm³/mol. The number of hydrogen-bond acceptors (Lipinski definition) is 6. The van der Waals surface area contributed by atoms with Crippen LogP contribution in [0.4, 0.5) is 28.0 Å². The van der Waals surface area contributed by atoms with E-state index in [9.17, 15) is 27.2 Å². The van der Waals surface area contributed by atoms with Crippen molar-refractivity contribution in [2.75, 3.05) is 18.5 Å². The van der Waals surface area contributed by atoms with Crippen molar-refractivity contribution >= 4 is 17.7 Å². The third-order valence-corrected chi connectivity index (χ3v) is 6.47. The largest absolute Gasteiger partial charge is 0.573 e. The highest BCUT2D eigenvalue weighted by Crippen LogP contribution is 2.60. The van der Waals surface area contributed by atoms with E-state index in [2.05, 4.69) is 10.1 Å². The van der Waals surface area contributed by atoms with Gasteiger partial charge >= 0.3 is 12.5 Å².